The Morgan fingerprint density at radius 3 is 0.689 bits per heavy atom. The predicted octanol–water partition coefficient (Wildman–Crippen LogP) is 7.69. The first-order chi connectivity index (χ1) is 30.0. The third kappa shape index (κ3) is 9.99. The zero-order chi connectivity index (χ0) is 42.2. The van der Waals surface area contributed by atoms with Crippen LogP contribution in [-0.2, 0) is 0 Å². The molecule has 0 saturated heterocycles. The highest BCUT2D eigenvalue weighted by Crippen LogP contribution is 2.55. The summed E-state index contributed by atoms with van der Waals surface area (Å²) in [6.07, 6.45) is 0. The molecule has 0 aliphatic heterocycles. The zero-order valence-electron chi connectivity index (χ0n) is 34.1. The standard InChI is InChI=1S/2C24H20P.C7H7BO3/c2*1-5-13-21(14-6-1)25(22-15-7-2-8-16-22,23-17-9-3-10-18-23)24-19-11-4-12-20-24;1-6-3-2-4-7(5-6)11-8(9)10/h2*1-20H;2-5H,1H3/q2*+1;-2. The number of benzene rings is 9. The molecule has 9 rings (SSSR count). The van der Waals surface area contributed by atoms with Crippen molar-refractivity contribution in [2.24, 2.45) is 0 Å². The molecular formula is C55H47BO3P2. The fraction of sp³-hybridized carbons (Fsp3) is 0.0182. The third-order valence-electron chi connectivity index (χ3n) is 10.4. The van der Waals surface area contributed by atoms with Gasteiger partial charge in [-0.15, -0.1) is 0 Å². The molecule has 0 aliphatic carbocycles. The van der Waals surface area contributed by atoms with Crippen molar-refractivity contribution in [1.82, 2.24) is 0 Å². The molecule has 0 atom stereocenters. The lowest BCUT2D eigenvalue weighted by Gasteiger charge is -2.27. The fourth-order valence-electron chi connectivity index (χ4n) is 7.80. The average Bonchev–Trinajstić information content (AvgIpc) is 3.33. The zero-order valence-corrected chi connectivity index (χ0v) is 35.9. The van der Waals surface area contributed by atoms with Gasteiger partial charge in [0.05, 0.1) is 5.75 Å². The van der Waals surface area contributed by atoms with E-state index in [0.717, 1.165) is 5.56 Å². The topological polar surface area (TPSA) is 55.3 Å². The molecule has 0 heterocycles. The third-order valence-corrected chi connectivity index (χ3v) is 19.0. The highest BCUT2D eigenvalue weighted by atomic mass is 31.2. The van der Waals surface area contributed by atoms with Crippen LogP contribution in [0, 0.1) is 6.92 Å². The van der Waals surface area contributed by atoms with E-state index < -0.39 is 21.8 Å². The monoisotopic (exact) mass is 828 g/mol. The molecule has 0 radical (unpaired) electrons. The van der Waals surface area contributed by atoms with E-state index in [0.29, 0.717) is 5.75 Å². The van der Waals surface area contributed by atoms with Crippen molar-refractivity contribution in [1.29, 1.82) is 0 Å². The van der Waals surface area contributed by atoms with Crippen molar-refractivity contribution in [3.8, 4) is 5.75 Å². The van der Waals surface area contributed by atoms with Gasteiger partial charge < -0.3 is 14.7 Å². The molecule has 0 spiro atoms. The van der Waals surface area contributed by atoms with Gasteiger partial charge in [0, 0.05) is 0 Å². The summed E-state index contributed by atoms with van der Waals surface area (Å²) in [5.74, 6) is 0.333. The molecular weight excluding hydrogens is 781 g/mol. The van der Waals surface area contributed by atoms with Crippen LogP contribution in [0.5, 0.6) is 5.75 Å². The maximum absolute atomic E-state index is 10.0. The molecule has 0 fully saturated rings. The molecule has 61 heavy (non-hydrogen) atoms. The molecule has 0 N–H and O–H groups in total. The van der Waals surface area contributed by atoms with Crippen LogP contribution >= 0.6 is 14.5 Å². The largest absolute Gasteiger partial charge is 0.860 e. The molecule has 0 saturated carbocycles. The molecule has 3 nitrogen and oxygen atoms in total. The van der Waals surface area contributed by atoms with Crippen LogP contribution in [0.4, 0.5) is 0 Å². The molecule has 298 valence electrons. The number of hydrogen-bond donors (Lipinski definition) is 0. The molecule has 9 aromatic rings. The summed E-state index contributed by atoms with van der Waals surface area (Å²) in [6.45, 7) is 1.86. The predicted molar refractivity (Wildman–Crippen MR) is 260 cm³/mol. The van der Waals surface area contributed by atoms with Gasteiger partial charge in [0.2, 0.25) is 0 Å². The highest BCUT2D eigenvalue weighted by Gasteiger charge is 2.48. The van der Waals surface area contributed by atoms with Crippen molar-refractivity contribution >= 4 is 64.3 Å². The van der Waals surface area contributed by atoms with Crippen LogP contribution in [0.25, 0.3) is 0 Å². The second-order valence-corrected chi connectivity index (χ2v) is 21.1. The van der Waals surface area contributed by atoms with Crippen molar-refractivity contribution in [2.45, 2.75) is 6.92 Å². The van der Waals surface area contributed by atoms with E-state index >= 15 is 0 Å². The Labute approximate surface area is 362 Å². The normalized spacial score (nSPS) is 10.9. The first-order valence-corrected chi connectivity index (χ1v) is 23.9. The summed E-state index contributed by atoms with van der Waals surface area (Å²) < 4.78 is 4.38. The van der Waals surface area contributed by atoms with Gasteiger partial charge in [0.25, 0.3) is 0 Å². The van der Waals surface area contributed by atoms with Crippen LogP contribution in [0.2, 0.25) is 0 Å². The molecule has 0 amide bonds. The Balaban J connectivity index is 0.000000149. The van der Waals surface area contributed by atoms with Gasteiger partial charge >= 0.3 is 0 Å². The molecule has 0 bridgehead atoms. The van der Waals surface area contributed by atoms with E-state index in [1.807, 2.05) is 13.0 Å². The van der Waals surface area contributed by atoms with E-state index in [-0.39, 0.29) is 0 Å². The second kappa shape index (κ2) is 21.2. The first kappa shape index (κ1) is 42.7. The van der Waals surface area contributed by atoms with Crippen LogP contribution in [0.3, 0.4) is 0 Å². The van der Waals surface area contributed by atoms with E-state index in [9.17, 15) is 10.0 Å². The fourth-order valence-corrected chi connectivity index (χ4v) is 16.3. The minimum absolute atomic E-state index is 0.333. The molecule has 0 aromatic heterocycles. The summed E-state index contributed by atoms with van der Waals surface area (Å²) in [6, 6.07) is 94.5. The van der Waals surface area contributed by atoms with E-state index in [2.05, 4.69) is 247 Å². The minimum Gasteiger partial charge on any atom is -0.860 e. The smallest absolute Gasteiger partial charge is 0.144 e. The Morgan fingerprint density at radius 1 is 0.295 bits per heavy atom. The second-order valence-electron chi connectivity index (χ2n) is 14.2. The average molecular weight is 829 g/mol. The Hall–Kier alpha value is -6.38. The summed E-state index contributed by atoms with van der Waals surface area (Å²) in [4.78, 5) is 0. The van der Waals surface area contributed by atoms with Crippen molar-refractivity contribution in [2.75, 3.05) is 0 Å². The Morgan fingerprint density at radius 2 is 0.508 bits per heavy atom. The van der Waals surface area contributed by atoms with Gasteiger partial charge in [-0.05, 0) is 122 Å². The van der Waals surface area contributed by atoms with Crippen molar-refractivity contribution in [3.05, 3.63) is 272 Å². The van der Waals surface area contributed by atoms with Crippen molar-refractivity contribution in [3.63, 3.8) is 0 Å². The van der Waals surface area contributed by atoms with Crippen molar-refractivity contribution < 1.29 is 14.7 Å². The van der Waals surface area contributed by atoms with Crippen LogP contribution in [0.15, 0.2) is 267 Å². The van der Waals surface area contributed by atoms with Gasteiger partial charge in [-0.25, -0.2) is 0 Å². The number of rotatable bonds is 10. The van der Waals surface area contributed by atoms with Gasteiger partial charge in [-0.2, -0.15) is 0 Å². The Kier molecular flexibility index (Phi) is 14.9. The lowest BCUT2D eigenvalue weighted by atomic mass is 10.2. The van der Waals surface area contributed by atoms with Gasteiger partial charge in [-0.3, -0.25) is 0 Å². The van der Waals surface area contributed by atoms with Crippen LogP contribution < -0.4 is 57.1 Å². The summed E-state index contributed by atoms with van der Waals surface area (Å²) in [5, 5.41) is 31.2. The van der Waals surface area contributed by atoms with E-state index in [4.69, 9.17) is 0 Å². The maximum atomic E-state index is 10.0. The summed E-state index contributed by atoms with van der Waals surface area (Å²) in [5.41, 5.74) is 0.961. The summed E-state index contributed by atoms with van der Waals surface area (Å²) >= 11 is 0. The molecule has 0 unspecified atom stereocenters. The SMILES string of the molecule is Cc1cccc(OB([O-])[O-])c1.c1ccc([P+](c2ccccc2)(c2ccccc2)c2ccccc2)cc1.c1ccc([P+](c2ccccc2)(c2ccccc2)c2ccccc2)cc1. The first-order valence-electron chi connectivity index (χ1n) is 20.3. The van der Waals surface area contributed by atoms with E-state index in [1.54, 1.807) is 18.2 Å². The van der Waals surface area contributed by atoms with Gasteiger partial charge in [0.15, 0.2) is 0 Å². The molecule has 9 aromatic carbocycles. The Bertz CT molecular complexity index is 2130. The van der Waals surface area contributed by atoms with Gasteiger partial charge in [0.1, 0.15) is 64.3 Å². The maximum Gasteiger partial charge on any atom is 0.144 e. The number of hydrogen-bond acceptors (Lipinski definition) is 3. The van der Waals surface area contributed by atoms with Crippen LogP contribution in [0.1, 0.15) is 5.56 Å². The number of aryl methyl sites for hydroxylation is 1. The molecule has 6 heteroatoms. The lowest BCUT2D eigenvalue weighted by Crippen LogP contribution is -2.50. The lowest BCUT2D eigenvalue weighted by molar-refractivity contribution is -0.372. The minimum atomic E-state index is -2.24. The highest BCUT2D eigenvalue weighted by molar-refractivity contribution is 8.02. The van der Waals surface area contributed by atoms with Crippen LogP contribution in [-0.4, -0.2) is 7.32 Å². The molecule has 0 aliphatic rings. The van der Waals surface area contributed by atoms with E-state index in [1.165, 1.54) is 42.4 Å². The summed E-state index contributed by atoms with van der Waals surface area (Å²) in [7, 11) is -6.05. The van der Waals surface area contributed by atoms with Gasteiger partial charge in [-0.1, -0.05) is 158 Å². The quantitative estimate of drug-likeness (QED) is 0.105.